The molecule has 6 heteroatoms. The molecule has 0 amide bonds. The van der Waals surface area contributed by atoms with Crippen LogP contribution in [0, 0.1) is 0 Å². The van der Waals surface area contributed by atoms with Crippen molar-refractivity contribution < 1.29 is 8.42 Å². The van der Waals surface area contributed by atoms with E-state index in [1.54, 1.807) is 12.1 Å². The maximum atomic E-state index is 11.3. The summed E-state index contributed by atoms with van der Waals surface area (Å²) in [6.07, 6.45) is 1.29. The number of anilines is 3. The van der Waals surface area contributed by atoms with Crippen LogP contribution in [0.15, 0.2) is 18.2 Å². The number of nitrogen functional groups attached to an aromatic ring is 2. The lowest BCUT2D eigenvalue weighted by molar-refractivity contribution is 0.559. The Morgan fingerprint density at radius 3 is 2.35 bits per heavy atom. The summed E-state index contributed by atoms with van der Waals surface area (Å²) in [7, 11) is -2.81. The fourth-order valence-electron chi connectivity index (χ4n) is 1.93. The Hall–Kier alpha value is -1.43. The predicted octanol–water partition coefficient (Wildman–Crippen LogP) is 0.840. The fraction of sp³-hybridized carbons (Fsp3) is 0.455. The molecule has 0 radical (unpaired) electrons. The summed E-state index contributed by atoms with van der Waals surface area (Å²) in [5, 5.41) is 3.29. The normalized spacial score (nSPS) is 20.0. The molecule has 0 saturated carbocycles. The zero-order valence-electron chi connectivity index (χ0n) is 9.52. The molecule has 5 nitrogen and oxygen atoms in total. The maximum Gasteiger partial charge on any atom is 0.150 e. The summed E-state index contributed by atoms with van der Waals surface area (Å²) in [6.45, 7) is 0. The summed E-state index contributed by atoms with van der Waals surface area (Å²) in [6, 6.07) is 5.58. The average Bonchev–Trinajstić information content (AvgIpc) is 2.27. The Morgan fingerprint density at radius 1 is 1.12 bits per heavy atom. The third kappa shape index (κ3) is 3.03. The molecule has 0 bridgehead atoms. The lowest BCUT2D eigenvalue weighted by Gasteiger charge is -2.24. The number of nitrogens with two attached hydrogens (primary N) is 2. The molecule has 1 fully saturated rings. The second kappa shape index (κ2) is 4.44. The minimum absolute atomic E-state index is 0.196. The van der Waals surface area contributed by atoms with E-state index in [4.69, 9.17) is 11.5 Å². The Bertz CT molecular complexity index is 499. The number of sulfone groups is 1. The topological polar surface area (TPSA) is 98.2 Å². The SMILES string of the molecule is Nc1ccc(NC2CCS(=O)(=O)CC2)cc1N. The molecule has 1 heterocycles. The van der Waals surface area contributed by atoms with Gasteiger partial charge in [0.25, 0.3) is 0 Å². The molecule has 0 atom stereocenters. The van der Waals surface area contributed by atoms with Crippen LogP contribution < -0.4 is 16.8 Å². The fourth-order valence-corrected chi connectivity index (χ4v) is 3.43. The Labute approximate surface area is 101 Å². The molecule has 0 aromatic heterocycles. The van der Waals surface area contributed by atoms with Gasteiger partial charge in [-0.2, -0.15) is 0 Å². The van der Waals surface area contributed by atoms with Crippen molar-refractivity contribution in [1.29, 1.82) is 0 Å². The Kier molecular flexibility index (Phi) is 3.15. The predicted molar refractivity (Wildman–Crippen MR) is 70.6 cm³/mol. The Morgan fingerprint density at radius 2 is 1.76 bits per heavy atom. The standard InChI is InChI=1S/C11H17N3O2S/c12-10-2-1-9(7-11(10)13)14-8-3-5-17(15,16)6-4-8/h1-2,7-8,14H,3-6,12-13H2. The van der Waals surface area contributed by atoms with Crippen LogP contribution in [0.4, 0.5) is 17.1 Å². The highest BCUT2D eigenvalue weighted by Crippen LogP contribution is 2.22. The first-order valence-electron chi connectivity index (χ1n) is 5.58. The van der Waals surface area contributed by atoms with Gasteiger partial charge in [-0.25, -0.2) is 8.42 Å². The summed E-state index contributed by atoms with van der Waals surface area (Å²) in [4.78, 5) is 0. The minimum Gasteiger partial charge on any atom is -0.397 e. The van der Waals surface area contributed by atoms with Crippen LogP contribution in [0.5, 0.6) is 0 Å². The zero-order chi connectivity index (χ0) is 12.5. The third-order valence-corrected chi connectivity index (χ3v) is 4.73. The molecular formula is C11H17N3O2S. The zero-order valence-corrected chi connectivity index (χ0v) is 10.3. The van der Waals surface area contributed by atoms with E-state index in [1.807, 2.05) is 6.07 Å². The molecule has 2 rings (SSSR count). The first-order chi connectivity index (χ1) is 7.96. The second-order valence-electron chi connectivity index (χ2n) is 4.41. The van der Waals surface area contributed by atoms with Gasteiger partial charge in [0.2, 0.25) is 0 Å². The highest BCUT2D eigenvalue weighted by molar-refractivity contribution is 7.91. The van der Waals surface area contributed by atoms with Gasteiger partial charge < -0.3 is 16.8 Å². The quantitative estimate of drug-likeness (QED) is 0.680. The van der Waals surface area contributed by atoms with Gasteiger partial charge in [0.15, 0.2) is 0 Å². The van der Waals surface area contributed by atoms with Crippen LogP contribution in [-0.2, 0) is 9.84 Å². The highest BCUT2D eigenvalue weighted by atomic mass is 32.2. The Balaban J connectivity index is 2.00. The van der Waals surface area contributed by atoms with Gasteiger partial charge in [-0.1, -0.05) is 0 Å². The van der Waals surface area contributed by atoms with E-state index in [2.05, 4.69) is 5.32 Å². The van der Waals surface area contributed by atoms with Crippen molar-refractivity contribution in [3.05, 3.63) is 18.2 Å². The summed E-state index contributed by atoms with van der Waals surface area (Å²) < 4.78 is 22.6. The first kappa shape index (κ1) is 12.0. The van der Waals surface area contributed by atoms with E-state index in [0.717, 1.165) is 5.69 Å². The van der Waals surface area contributed by atoms with Crippen LogP contribution in [0.25, 0.3) is 0 Å². The monoisotopic (exact) mass is 255 g/mol. The van der Waals surface area contributed by atoms with E-state index >= 15 is 0 Å². The molecule has 0 spiro atoms. The number of nitrogens with one attached hydrogen (secondary N) is 1. The molecule has 1 aromatic rings. The molecule has 0 aliphatic carbocycles. The number of rotatable bonds is 2. The summed E-state index contributed by atoms with van der Waals surface area (Å²) >= 11 is 0. The van der Waals surface area contributed by atoms with E-state index in [9.17, 15) is 8.42 Å². The van der Waals surface area contributed by atoms with Gasteiger partial charge in [0, 0.05) is 11.7 Å². The van der Waals surface area contributed by atoms with E-state index in [-0.39, 0.29) is 17.5 Å². The van der Waals surface area contributed by atoms with Crippen molar-refractivity contribution in [2.45, 2.75) is 18.9 Å². The minimum atomic E-state index is -2.81. The van der Waals surface area contributed by atoms with Gasteiger partial charge in [0.1, 0.15) is 9.84 Å². The van der Waals surface area contributed by atoms with E-state index in [1.165, 1.54) is 0 Å². The molecule has 94 valence electrons. The third-order valence-electron chi connectivity index (χ3n) is 3.01. The second-order valence-corrected chi connectivity index (χ2v) is 6.72. The van der Waals surface area contributed by atoms with E-state index < -0.39 is 9.84 Å². The lowest BCUT2D eigenvalue weighted by atomic mass is 10.1. The van der Waals surface area contributed by atoms with Crippen molar-refractivity contribution in [2.75, 3.05) is 28.3 Å². The van der Waals surface area contributed by atoms with Gasteiger partial charge in [0.05, 0.1) is 22.9 Å². The van der Waals surface area contributed by atoms with Gasteiger partial charge in [-0.3, -0.25) is 0 Å². The molecular weight excluding hydrogens is 238 g/mol. The number of benzene rings is 1. The van der Waals surface area contributed by atoms with Crippen molar-refractivity contribution in [3.63, 3.8) is 0 Å². The largest absolute Gasteiger partial charge is 0.397 e. The number of hydrogen-bond acceptors (Lipinski definition) is 5. The van der Waals surface area contributed by atoms with Crippen LogP contribution in [0.1, 0.15) is 12.8 Å². The lowest BCUT2D eigenvalue weighted by Crippen LogP contribution is -2.32. The smallest absolute Gasteiger partial charge is 0.150 e. The molecule has 0 unspecified atom stereocenters. The molecule has 1 aliphatic rings. The first-order valence-corrected chi connectivity index (χ1v) is 7.40. The van der Waals surface area contributed by atoms with Crippen molar-refractivity contribution in [2.24, 2.45) is 0 Å². The van der Waals surface area contributed by atoms with Crippen LogP contribution in [-0.4, -0.2) is 26.0 Å². The molecule has 1 saturated heterocycles. The van der Waals surface area contributed by atoms with Gasteiger partial charge in [-0.05, 0) is 31.0 Å². The van der Waals surface area contributed by atoms with Crippen molar-refractivity contribution in [1.82, 2.24) is 0 Å². The van der Waals surface area contributed by atoms with Gasteiger partial charge in [-0.15, -0.1) is 0 Å². The van der Waals surface area contributed by atoms with Gasteiger partial charge >= 0.3 is 0 Å². The molecule has 1 aromatic carbocycles. The van der Waals surface area contributed by atoms with Crippen molar-refractivity contribution in [3.8, 4) is 0 Å². The summed E-state index contributed by atoms with van der Waals surface area (Å²) in [5.41, 5.74) is 13.3. The van der Waals surface area contributed by atoms with E-state index in [0.29, 0.717) is 24.2 Å². The van der Waals surface area contributed by atoms with Crippen LogP contribution >= 0.6 is 0 Å². The van der Waals surface area contributed by atoms with Crippen LogP contribution in [0.2, 0.25) is 0 Å². The number of hydrogen-bond donors (Lipinski definition) is 3. The highest BCUT2D eigenvalue weighted by Gasteiger charge is 2.23. The molecule has 5 N–H and O–H groups in total. The molecule has 1 aliphatic heterocycles. The molecule has 17 heavy (non-hydrogen) atoms. The van der Waals surface area contributed by atoms with Crippen LogP contribution in [0.3, 0.4) is 0 Å². The summed E-state index contributed by atoms with van der Waals surface area (Å²) in [5.74, 6) is 0.518. The van der Waals surface area contributed by atoms with Crippen molar-refractivity contribution >= 4 is 26.9 Å². The average molecular weight is 255 g/mol. The maximum absolute atomic E-state index is 11.3.